The Bertz CT molecular complexity index is 704. The van der Waals surface area contributed by atoms with Gasteiger partial charge in [-0.1, -0.05) is 5.16 Å². The Balaban J connectivity index is 1.80. The number of morpholine rings is 1. The number of aliphatic hydroxyl groups excluding tert-OH is 1. The van der Waals surface area contributed by atoms with E-state index in [-0.39, 0.29) is 25.6 Å². The molecule has 0 radical (unpaired) electrons. The van der Waals surface area contributed by atoms with E-state index in [2.05, 4.69) is 5.16 Å². The molecule has 1 aromatic carbocycles. The van der Waals surface area contributed by atoms with E-state index in [1.165, 1.54) is 36.3 Å². The Labute approximate surface area is 136 Å². The maximum atomic E-state index is 13.3. The zero-order chi connectivity index (χ0) is 16.9. The number of esters is 1. The molecule has 24 heavy (non-hydrogen) atoms. The summed E-state index contributed by atoms with van der Waals surface area (Å²) in [7, 11) is 1.22. The number of hydrogen-bond acceptors (Lipinski definition) is 8. The molecule has 9 heteroatoms. The predicted octanol–water partition coefficient (Wildman–Crippen LogP) is -0.0852. The maximum Gasteiger partial charge on any atom is 0.380 e. The van der Waals surface area contributed by atoms with Crippen molar-refractivity contribution >= 4 is 11.8 Å². The number of fused-ring (bicyclic) bond motifs is 1. The van der Waals surface area contributed by atoms with Crippen molar-refractivity contribution in [2.24, 2.45) is 5.16 Å². The van der Waals surface area contributed by atoms with Gasteiger partial charge >= 0.3 is 11.7 Å². The van der Waals surface area contributed by atoms with Gasteiger partial charge in [0.25, 0.3) is 0 Å². The molecule has 1 spiro atoms. The number of benzene rings is 1. The van der Waals surface area contributed by atoms with Gasteiger partial charge in [0, 0.05) is 5.56 Å². The number of rotatable bonds is 2. The first-order chi connectivity index (χ1) is 11.5. The lowest BCUT2D eigenvalue weighted by molar-refractivity contribution is -0.281. The van der Waals surface area contributed by atoms with E-state index in [0.717, 1.165) is 0 Å². The molecule has 1 N–H and O–H groups in total. The minimum absolute atomic E-state index is 0.0576. The molecule has 3 aliphatic rings. The van der Waals surface area contributed by atoms with Crippen LogP contribution in [0.15, 0.2) is 29.4 Å². The van der Waals surface area contributed by atoms with Crippen LogP contribution in [-0.4, -0.2) is 60.6 Å². The summed E-state index contributed by atoms with van der Waals surface area (Å²) in [5.41, 5.74) is -2.17. The minimum atomic E-state index is -1.74. The third-order valence-electron chi connectivity index (χ3n) is 4.38. The molecule has 3 aliphatic heterocycles. The molecule has 3 heterocycles. The van der Waals surface area contributed by atoms with E-state index in [1.807, 2.05) is 0 Å². The van der Waals surface area contributed by atoms with Gasteiger partial charge in [-0.15, -0.1) is 0 Å². The molecule has 128 valence electrons. The third kappa shape index (κ3) is 1.95. The van der Waals surface area contributed by atoms with E-state index in [9.17, 15) is 14.3 Å². The van der Waals surface area contributed by atoms with Crippen LogP contribution in [0.25, 0.3) is 0 Å². The zero-order valence-electron chi connectivity index (χ0n) is 12.8. The Hall–Kier alpha value is -2.23. The fourth-order valence-corrected chi connectivity index (χ4v) is 3.14. The van der Waals surface area contributed by atoms with Crippen LogP contribution >= 0.6 is 0 Å². The van der Waals surface area contributed by atoms with Gasteiger partial charge in [0.1, 0.15) is 11.4 Å². The number of carbonyl (C=O) groups is 1. The third-order valence-corrected chi connectivity index (χ3v) is 4.38. The zero-order valence-corrected chi connectivity index (χ0v) is 12.8. The number of ether oxygens (including phenoxy) is 3. The van der Waals surface area contributed by atoms with E-state index in [4.69, 9.17) is 19.0 Å². The van der Waals surface area contributed by atoms with Crippen molar-refractivity contribution in [2.75, 3.05) is 26.9 Å². The monoisotopic (exact) mass is 338 g/mol. The van der Waals surface area contributed by atoms with Crippen molar-refractivity contribution in [2.45, 2.75) is 17.6 Å². The molecular formula is C15H15FN2O6. The van der Waals surface area contributed by atoms with Crippen LogP contribution < -0.4 is 0 Å². The summed E-state index contributed by atoms with van der Waals surface area (Å²) < 4.78 is 28.9. The quantitative estimate of drug-likeness (QED) is 0.754. The number of amidine groups is 1. The van der Waals surface area contributed by atoms with Gasteiger partial charge in [-0.25, -0.2) is 9.18 Å². The lowest BCUT2D eigenvalue weighted by atomic mass is 9.94. The number of nitrogens with zero attached hydrogens (tertiary/aromatic N) is 2. The molecule has 4 rings (SSSR count). The van der Waals surface area contributed by atoms with Crippen molar-refractivity contribution in [3.8, 4) is 0 Å². The second kappa shape index (κ2) is 5.13. The Morgan fingerprint density at radius 2 is 2.12 bits per heavy atom. The highest BCUT2D eigenvalue weighted by atomic mass is 19.1. The maximum absolute atomic E-state index is 13.3. The normalized spacial score (nSPS) is 30.2. The molecule has 2 atom stereocenters. The second-order valence-corrected chi connectivity index (χ2v) is 5.92. The molecule has 2 fully saturated rings. The van der Waals surface area contributed by atoms with Gasteiger partial charge in [-0.2, -0.15) is 0 Å². The Morgan fingerprint density at radius 1 is 1.42 bits per heavy atom. The van der Waals surface area contributed by atoms with Crippen molar-refractivity contribution in [1.29, 1.82) is 0 Å². The standard InChI is InChI=1S/C15H15FN2O6/c1-21-13(20)15(9-2-4-10(16)5-3-9)18-6-14(7-22-8-14)23-12(19)11(18)17-24-15/h2-5,12,19H,6-8H2,1H3. The van der Waals surface area contributed by atoms with E-state index < -0.39 is 29.4 Å². The average molecular weight is 338 g/mol. The molecule has 0 aromatic heterocycles. The molecule has 0 aliphatic carbocycles. The van der Waals surface area contributed by atoms with Gasteiger partial charge in [0.05, 0.1) is 26.9 Å². The topological polar surface area (TPSA) is 89.8 Å². The van der Waals surface area contributed by atoms with Crippen LogP contribution in [0.4, 0.5) is 4.39 Å². The van der Waals surface area contributed by atoms with Gasteiger partial charge in [-0.3, -0.25) is 4.90 Å². The molecule has 2 unspecified atom stereocenters. The summed E-state index contributed by atoms with van der Waals surface area (Å²) in [6.45, 7) is 0.748. The smallest absolute Gasteiger partial charge is 0.380 e. The largest absolute Gasteiger partial charge is 0.464 e. The summed E-state index contributed by atoms with van der Waals surface area (Å²) in [4.78, 5) is 19.5. The van der Waals surface area contributed by atoms with Crippen molar-refractivity contribution in [1.82, 2.24) is 4.90 Å². The summed E-state index contributed by atoms with van der Waals surface area (Å²) in [6.07, 6.45) is -1.37. The summed E-state index contributed by atoms with van der Waals surface area (Å²) in [5, 5.41) is 14.0. The van der Waals surface area contributed by atoms with E-state index >= 15 is 0 Å². The fraction of sp³-hybridized carbons (Fsp3) is 0.467. The van der Waals surface area contributed by atoms with E-state index in [0.29, 0.717) is 5.56 Å². The van der Waals surface area contributed by atoms with Gasteiger partial charge < -0.3 is 24.2 Å². The second-order valence-electron chi connectivity index (χ2n) is 5.92. The summed E-state index contributed by atoms with van der Waals surface area (Å²) >= 11 is 0. The molecule has 0 saturated carbocycles. The Morgan fingerprint density at radius 3 is 2.71 bits per heavy atom. The first-order valence-corrected chi connectivity index (χ1v) is 7.33. The van der Waals surface area contributed by atoms with Gasteiger partial charge in [-0.05, 0) is 24.3 Å². The highest BCUT2D eigenvalue weighted by molar-refractivity contribution is 5.94. The first-order valence-electron chi connectivity index (χ1n) is 7.33. The van der Waals surface area contributed by atoms with E-state index in [1.54, 1.807) is 0 Å². The van der Waals surface area contributed by atoms with Crippen LogP contribution in [0.2, 0.25) is 0 Å². The molecule has 0 bridgehead atoms. The number of halogens is 1. The van der Waals surface area contributed by atoms with Gasteiger partial charge in [0.15, 0.2) is 0 Å². The number of carbonyl (C=O) groups excluding carboxylic acids is 1. The minimum Gasteiger partial charge on any atom is -0.464 e. The van der Waals surface area contributed by atoms with Crippen LogP contribution in [0.1, 0.15) is 5.56 Å². The lowest BCUT2D eigenvalue weighted by Crippen LogP contribution is -2.70. The molecule has 2 saturated heterocycles. The molecule has 0 amide bonds. The van der Waals surface area contributed by atoms with Crippen molar-refractivity contribution < 1.29 is 33.3 Å². The van der Waals surface area contributed by atoms with Crippen LogP contribution in [0.5, 0.6) is 0 Å². The van der Waals surface area contributed by atoms with Crippen molar-refractivity contribution in [3.63, 3.8) is 0 Å². The van der Waals surface area contributed by atoms with Crippen LogP contribution in [-0.2, 0) is 29.6 Å². The van der Waals surface area contributed by atoms with Crippen LogP contribution in [0, 0.1) is 5.82 Å². The highest BCUT2D eigenvalue weighted by Gasteiger charge is 2.63. The number of methoxy groups -OCH3 is 1. The summed E-state index contributed by atoms with van der Waals surface area (Å²) in [5.74, 6) is -1.14. The molecule has 1 aromatic rings. The Kier molecular flexibility index (Phi) is 3.27. The van der Waals surface area contributed by atoms with Crippen LogP contribution in [0.3, 0.4) is 0 Å². The lowest BCUT2D eigenvalue weighted by Gasteiger charge is -2.50. The molecular weight excluding hydrogens is 323 g/mol. The average Bonchev–Trinajstić information content (AvgIpc) is 2.94. The highest BCUT2D eigenvalue weighted by Crippen LogP contribution is 2.43. The number of hydrogen-bond donors (Lipinski definition) is 1. The number of oxime groups is 1. The summed E-state index contributed by atoms with van der Waals surface area (Å²) in [6, 6.07) is 5.24. The van der Waals surface area contributed by atoms with Crippen molar-refractivity contribution in [3.05, 3.63) is 35.6 Å². The molecule has 8 nitrogen and oxygen atoms in total. The fourth-order valence-electron chi connectivity index (χ4n) is 3.14. The number of aliphatic hydroxyl groups is 1. The SMILES string of the molecule is COC(=O)C1(c2ccc(F)cc2)ON=C2C(O)OC3(COC3)CN21. The predicted molar refractivity (Wildman–Crippen MR) is 76.0 cm³/mol. The van der Waals surface area contributed by atoms with Gasteiger partial charge in [0.2, 0.25) is 12.1 Å². The first kappa shape index (κ1) is 15.3.